The maximum absolute atomic E-state index is 6.29. The second-order valence-electron chi connectivity index (χ2n) is 6.06. The molecule has 0 amide bonds. The summed E-state index contributed by atoms with van der Waals surface area (Å²) in [6, 6.07) is 5.72. The van der Waals surface area contributed by atoms with Crippen molar-refractivity contribution in [2.45, 2.75) is 45.1 Å². The molecule has 0 bridgehead atoms. The molecule has 112 valence electrons. The Kier molecular flexibility index (Phi) is 5.76. The molecule has 0 spiro atoms. The van der Waals surface area contributed by atoms with Gasteiger partial charge in [-0.25, -0.2) is 0 Å². The molecule has 1 fully saturated rings. The van der Waals surface area contributed by atoms with E-state index >= 15 is 0 Å². The Labute approximate surface area is 135 Å². The molecular formula is C16H23BrClNO. The fourth-order valence-corrected chi connectivity index (χ4v) is 3.24. The summed E-state index contributed by atoms with van der Waals surface area (Å²) in [6.45, 7) is 6.55. The van der Waals surface area contributed by atoms with Crippen LogP contribution in [0.2, 0.25) is 5.02 Å². The van der Waals surface area contributed by atoms with Gasteiger partial charge in [-0.15, -0.1) is 0 Å². The molecule has 0 aromatic heterocycles. The molecule has 1 aromatic carbocycles. The number of halogens is 2. The van der Waals surface area contributed by atoms with Crippen LogP contribution in [0.15, 0.2) is 22.7 Å². The quantitative estimate of drug-likeness (QED) is 0.688. The SMILES string of the molecule is CC(C)CNCCC1(Oc2ccc(Cl)cc2Br)CCC1. The Bertz CT molecular complexity index is 446. The summed E-state index contributed by atoms with van der Waals surface area (Å²) >= 11 is 9.50. The third-order valence-electron chi connectivity index (χ3n) is 3.80. The highest BCUT2D eigenvalue weighted by Gasteiger charge is 2.39. The summed E-state index contributed by atoms with van der Waals surface area (Å²) in [5.74, 6) is 1.59. The summed E-state index contributed by atoms with van der Waals surface area (Å²) in [7, 11) is 0. The lowest BCUT2D eigenvalue weighted by atomic mass is 9.77. The first-order valence-electron chi connectivity index (χ1n) is 7.35. The van der Waals surface area contributed by atoms with Gasteiger partial charge in [-0.2, -0.15) is 0 Å². The van der Waals surface area contributed by atoms with Gasteiger partial charge < -0.3 is 10.1 Å². The molecule has 1 aliphatic carbocycles. The van der Waals surface area contributed by atoms with Crippen molar-refractivity contribution in [1.82, 2.24) is 5.32 Å². The molecule has 2 rings (SSSR count). The first-order chi connectivity index (χ1) is 9.51. The molecule has 0 unspecified atom stereocenters. The van der Waals surface area contributed by atoms with Crippen molar-refractivity contribution in [1.29, 1.82) is 0 Å². The second kappa shape index (κ2) is 7.15. The Morgan fingerprint density at radius 3 is 2.70 bits per heavy atom. The van der Waals surface area contributed by atoms with Crippen molar-refractivity contribution in [2.75, 3.05) is 13.1 Å². The standard InChI is InChI=1S/C16H23BrClNO/c1-12(2)11-19-9-8-16(6-3-7-16)20-15-5-4-13(18)10-14(15)17/h4-5,10,12,19H,3,6-9,11H2,1-2H3. The van der Waals surface area contributed by atoms with Crippen LogP contribution in [-0.2, 0) is 0 Å². The normalized spacial score (nSPS) is 17.1. The number of ether oxygens (including phenoxy) is 1. The van der Waals surface area contributed by atoms with Gasteiger partial charge in [0.15, 0.2) is 0 Å². The predicted octanol–water partition coefficient (Wildman–Crippen LogP) is 5.04. The molecule has 1 aliphatic rings. The van der Waals surface area contributed by atoms with Crippen molar-refractivity contribution >= 4 is 27.5 Å². The van der Waals surface area contributed by atoms with Gasteiger partial charge in [-0.05, 0) is 78.8 Å². The maximum Gasteiger partial charge on any atom is 0.134 e. The van der Waals surface area contributed by atoms with Crippen molar-refractivity contribution in [2.24, 2.45) is 5.92 Å². The van der Waals surface area contributed by atoms with E-state index in [4.69, 9.17) is 16.3 Å². The average Bonchev–Trinajstić information content (AvgIpc) is 2.33. The third-order valence-corrected chi connectivity index (χ3v) is 4.65. The van der Waals surface area contributed by atoms with Gasteiger partial charge in [0.25, 0.3) is 0 Å². The van der Waals surface area contributed by atoms with Gasteiger partial charge in [-0.1, -0.05) is 25.4 Å². The predicted molar refractivity (Wildman–Crippen MR) is 88.7 cm³/mol. The van der Waals surface area contributed by atoms with E-state index in [0.717, 1.165) is 47.6 Å². The van der Waals surface area contributed by atoms with E-state index in [9.17, 15) is 0 Å². The summed E-state index contributed by atoms with van der Waals surface area (Å²) < 4.78 is 7.22. The zero-order chi connectivity index (χ0) is 14.6. The fraction of sp³-hybridized carbons (Fsp3) is 0.625. The first-order valence-corrected chi connectivity index (χ1v) is 8.53. The monoisotopic (exact) mass is 359 g/mol. The van der Waals surface area contributed by atoms with Crippen molar-refractivity contribution < 1.29 is 4.74 Å². The lowest BCUT2D eigenvalue weighted by Crippen LogP contribution is -2.45. The van der Waals surface area contributed by atoms with E-state index in [-0.39, 0.29) is 5.60 Å². The highest BCUT2D eigenvalue weighted by Crippen LogP contribution is 2.41. The molecule has 1 saturated carbocycles. The van der Waals surface area contributed by atoms with E-state index in [0.29, 0.717) is 5.92 Å². The van der Waals surface area contributed by atoms with Crippen molar-refractivity contribution in [3.8, 4) is 5.75 Å². The Balaban J connectivity index is 1.90. The van der Waals surface area contributed by atoms with Crippen LogP contribution in [0.1, 0.15) is 39.5 Å². The lowest BCUT2D eigenvalue weighted by Gasteiger charge is -2.42. The van der Waals surface area contributed by atoms with E-state index < -0.39 is 0 Å². The molecule has 4 heteroatoms. The molecule has 1 N–H and O–H groups in total. The third kappa shape index (κ3) is 4.37. The van der Waals surface area contributed by atoms with E-state index in [1.807, 2.05) is 18.2 Å². The van der Waals surface area contributed by atoms with E-state index in [1.165, 1.54) is 6.42 Å². The van der Waals surface area contributed by atoms with Crippen LogP contribution in [0.3, 0.4) is 0 Å². The number of benzene rings is 1. The number of hydrogen-bond acceptors (Lipinski definition) is 2. The second-order valence-corrected chi connectivity index (χ2v) is 7.35. The Morgan fingerprint density at radius 1 is 1.40 bits per heavy atom. The van der Waals surface area contributed by atoms with Crippen LogP contribution < -0.4 is 10.1 Å². The van der Waals surface area contributed by atoms with Crippen LogP contribution in [-0.4, -0.2) is 18.7 Å². The van der Waals surface area contributed by atoms with Crippen molar-refractivity contribution in [3.05, 3.63) is 27.7 Å². The molecular weight excluding hydrogens is 338 g/mol. The minimum Gasteiger partial charge on any atom is -0.486 e. The number of nitrogens with one attached hydrogen (secondary N) is 1. The van der Waals surface area contributed by atoms with Gasteiger partial charge in [0.2, 0.25) is 0 Å². The Morgan fingerprint density at radius 2 is 2.15 bits per heavy atom. The van der Waals surface area contributed by atoms with Gasteiger partial charge in [-0.3, -0.25) is 0 Å². The van der Waals surface area contributed by atoms with Crippen LogP contribution in [0.25, 0.3) is 0 Å². The molecule has 0 atom stereocenters. The first kappa shape index (κ1) is 16.1. The minimum atomic E-state index is 0.0142. The van der Waals surface area contributed by atoms with Crippen molar-refractivity contribution in [3.63, 3.8) is 0 Å². The lowest BCUT2D eigenvalue weighted by molar-refractivity contribution is -0.0149. The molecule has 0 heterocycles. The summed E-state index contributed by atoms with van der Waals surface area (Å²) in [5, 5.41) is 4.23. The molecule has 1 aromatic rings. The molecule has 20 heavy (non-hydrogen) atoms. The zero-order valence-electron chi connectivity index (χ0n) is 12.2. The molecule has 0 aliphatic heterocycles. The van der Waals surface area contributed by atoms with Gasteiger partial charge in [0.05, 0.1) is 4.47 Å². The smallest absolute Gasteiger partial charge is 0.134 e. The zero-order valence-corrected chi connectivity index (χ0v) is 14.6. The highest BCUT2D eigenvalue weighted by atomic mass is 79.9. The summed E-state index contributed by atoms with van der Waals surface area (Å²) in [5.41, 5.74) is 0.0142. The van der Waals surface area contributed by atoms with Crippen LogP contribution in [0, 0.1) is 5.92 Å². The maximum atomic E-state index is 6.29. The topological polar surface area (TPSA) is 21.3 Å². The van der Waals surface area contributed by atoms with Crippen LogP contribution in [0.5, 0.6) is 5.75 Å². The summed E-state index contributed by atoms with van der Waals surface area (Å²) in [4.78, 5) is 0. The summed E-state index contributed by atoms with van der Waals surface area (Å²) in [6.07, 6.45) is 4.61. The van der Waals surface area contributed by atoms with Gasteiger partial charge in [0, 0.05) is 5.02 Å². The van der Waals surface area contributed by atoms with Crippen LogP contribution >= 0.6 is 27.5 Å². The van der Waals surface area contributed by atoms with E-state index in [1.54, 1.807) is 0 Å². The molecule has 2 nitrogen and oxygen atoms in total. The fourth-order valence-electron chi connectivity index (χ4n) is 2.47. The Hall–Kier alpha value is -0.250. The molecule has 0 radical (unpaired) electrons. The highest BCUT2D eigenvalue weighted by molar-refractivity contribution is 9.10. The average molecular weight is 361 g/mol. The number of rotatable bonds is 7. The van der Waals surface area contributed by atoms with Gasteiger partial charge in [0.1, 0.15) is 11.4 Å². The largest absolute Gasteiger partial charge is 0.486 e. The van der Waals surface area contributed by atoms with Crippen LogP contribution in [0.4, 0.5) is 0 Å². The minimum absolute atomic E-state index is 0.0142. The van der Waals surface area contributed by atoms with E-state index in [2.05, 4.69) is 35.1 Å². The molecule has 0 saturated heterocycles. The van der Waals surface area contributed by atoms with Gasteiger partial charge >= 0.3 is 0 Å². The number of hydrogen-bond donors (Lipinski definition) is 1.